The Morgan fingerprint density at radius 3 is 2.15 bits per heavy atom. The van der Waals surface area contributed by atoms with Gasteiger partial charge in [-0.25, -0.2) is 0 Å². The predicted molar refractivity (Wildman–Crippen MR) is 129 cm³/mol. The average molecular weight is 455 g/mol. The van der Waals surface area contributed by atoms with Crippen molar-refractivity contribution in [3.63, 3.8) is 0 Å². The highest BCUT2D eigenvalue weighted by molar-refractivity contribution is 5.85. The van der Waals surface area contributed by atoms with Crippen LogP contribution in [0, 0.1) is 56.2 Å². The summed E-state index contributed by atoms with van der Waals surface area (Å²) >= 11 is 0. The monoisotopic (exact) mass is 454 g/mol. The molecule has 0 aromatic carbocycles. The number of carbonyl (C=O) groups excluding carboxylic acids is 2. The van der Waals surface area contributed by atoms with Gasteiger partial charge in [0.1, 0.15) is 11.9 Å². The number of carbonyl (C=O) groups is 2. The van der Waals surface area contributed by atoms with E-state index < -0.39 is 0 Å². The molecule has 9 atom stereocenters. The molecule has 184 valence electrons. The number of ether oxygens (including phenoxy) is 1. The standard InChI is InChI=1S/C30H46O3/c1-25(2)14-16-30-17-15-28(6)18(22(30)23(25)33-24(30)32)8-9-20-27(5)12-11-21(31)26(3,4)19(27)10-13-29(20,28)7/h18-20,22-23H,8-17H2,1-7H3/t18-,19+,20+,22-,23+,27+,28-,29+,30+/m1/s1. The molecule has 0 unspecified atom stereocenters. The Labute approximate surface area is 201 Å². The number of esters is 1. The fourth-order valence-corrected chi connectivity index (χ4v) is 11.6. The lowest BCUT2D eigenvalue weighted by atomic mass is 9.31. The molecular formula is C30H46O3. The minimum Gasteiger partial charge on any atom is -0.461 e. The predicted octanol–water partition coefficient (Wildman–Crippen LogP) is 6.97. The van der Waals surface area contributed by atoms with Crippen LogP contribution in [0.3, 0.4) is 0 Å². The molecule has 0 amide bonds. The second-order valence-corrected chi connectivity index (χ2v) is 15.3. The normalized spacial score (nSPS) is 56.2. The van der Waals surface area contributed by atoms with Crippen molar-refractivity contribution in [3.05, 3.63) is 0 Å². The third-order valence-electron chi connectivity index (χ3n) is 13.8. The summed E-state index contributed by atoms with van der Waals surface area (Å²) in [7, 11) is 0. The molecule has 0 spiro atoms. The van der Waals surface area contributed by atoms with Gasteiger partial charge in [0.25, 0.3) is 0 Å². The zero-order valence-electron chi connectivity index (χ0n) is 22.2. The fourth-order valence-electron chi connectivity index (χ4n) is 11.6. The van der Waals surface area contributed by atoms with Crippen LogP contribution in [-0.2, 0) is 14.3 Å². The lowest BCUT2D eigenvalue weighted by Gasteiger charge is -2.72. The summed E-state index contributed by atoms with van der Waals surface area (Å²) in [6.07, 6.45) is 11.2. The average Bonchev–Trinajstić information content (AvgIpc) is 2.99. The fraction of sp³-hybridized carbons (Fsp3) is 0.933. The molecule has 6 fully saturated rings. The van der Waals surface area contributed by atoms with E-state index in [0.717, 1.165) is 32.1 Å². The summed E-state index contributed by atoms with van der Waals surface area (Å²) in [4.78, 5) is 26.3. The zero-order chi connectivity index (χ0) is 23.8. The minimum absolute atomic E-state index is 0.0910. The van der Waals surface area contributed by atoms with E-state index in [1.165, 1.54) is 32.1 Å². The van der Waals surface area contributed by atoms with Crippen molar-refractivity contribution >= 4 is 11.8 Å². The Hall–Kier alpha value is -0.860. The first-order chi connectivity index (χ1) is 15.2. The van der Waals surface area contributed by atoms with Crippen LogP contribution in [0.4, 0.5) is 0 Å². The van der Waals surface area contributed by atoms with Crippen LogP contribution in [0.15, 0.2) is 0 Å². The number of rotatable bonds is 0. The molecule has 1 aliphatic heterocycles. The van der Waals surface area contributed by atoms with Crippen molar-refractivity contribution in [3.8, 4) is 0 Å². The van der Waals surface area contributed by atoms with Gasteiger partial charge in [-0.15, -0.1) is 0 Å². The van der Waals surface area contributed by atoms with E-state index in [0.29, 0.717) is 29.5 Å². The summed E-state index contributed by atoms with van der Waals surface area (Å²) in [5.41, 5.74) is 0.494. The van der Waals surface area contributed by atoms with Gasteiger partial charge < -0.3 is 4.74 Å². The van der Waals surface area contributed by atoms with E-state index in [-0.39, 0.29) is 44.6 Å². The molecule has 33 heavy (non-hydrogen) atoms. The van der Waals surface area contributed by atoms with Crippen LogP contribution in [0.2, 0.25) is 0 Å². The van der Waals surface area contributed by atoms with E-state index in [2.05, 4.69) is 48.5 Å². The third-order valence-corrected chi connectivity index (χ3v) is 13.8. The minimum atomic E-state index is -0.200. The summed E-state index contributed by atoms with van der Waals surface area (Å²) in [6, 6.07) is 0. The van der Waals surface area contributed by atoms with E-state index in [9.17, 15) is 9.59 Å². The molecule has 3 heteroatoms. The maximum absolute atomic E-state index is 13.3. The second kappa shape index (κ2) is 6.28. The summed E-state index contributed by atoms with van der Waals surface area (Å²) < 4.78 is 6.27. The molecule has 3 nitrogen and oxygen atoms in total. The van der Waals surface area contributed by atoms with Gasteiger partial charge in [-0.3, -0.25) is 9.59 Å². The van der Waals surface area contributed by atoms with Gasteiger partial charge in [-0.05, 0) is 91.8 Å². The zero-order valence-corrected chi connectivity index (χ0v) is 22.2. The SMILES string of the molecule is CC1(C)CC[C@]23CC[C@]4(C)[C@H](CC[C@H]5[C@@]6(C)CCC(=O)C(C)(C)[C@@H]6CC[C@@]54C)[C@@H]2[C@@H]1OC3=O. The van der Waals surface area contributed by atoms with Crippen LogP contribution < -0.4 is 0 Å². The molecule has 1 saturated heterocycles. The molecule has 5 saturated carbocycles. The number of fused-ring (bicyclic) bond motifs is 5. The first kappa shape index (κ1) is 22.6. The highest BCUT2D eigenvalue weighted by Gasteiger charge is 2.75. The Bertz CT molecular complexity index is 918. The molecule has 5 aliphatic carbocycles. The van der Waals surface area contributed by atoms with E-state index in [1.807, 2.05) is 0 Å². The van der Waals surface area contributed by atoms with Crippen LogP contribution in [0.5, 0.6) is 0 Å². The van der Waals surface area contributed by atoms with Crippen LogP contribution in [0.25, 0.3) is 0 Å². The van der Waals surface area contributed by atoms with E-state index in [4.69, 9.17) is 4.74 Å². The first-order valence-corrected chi connectivity index (χ1v) is 14.0. The smallest absolute Gasteiger partial charge is 0.312 e. The molecular weight excluding hydrogens is 408 g/mol. The van der Waals surface area contributed by atoms with Crippen molar-refractivity contribution in [2.24, 2.45) is 56.2 Å². The van der Waals surface area contributed by atoms with Gasteiger partial charge >= 0.3 is 5.97 Å². The lowest BCUT2D eigenvalue weighted by molar-refractivity contribution is -0.239. The topological polar surface area (TPSA) is 43.4 Å². The van der Waals surface area contributed by atoms with Gasteiger partial charge in [-0.2, -0.15) is 0 Å². The summed E-state index contributed by atoms with van der Waals surface area (Å²) in [5, 5.41) is 0. The van der Waals surface area contributed by atoms with E-state index >= 15 is 0 Å². The van der Waals surface area contributed by atoms with Gasteiger partial charge in [0, 0.05) is 23.2 Å². The number of hydrogen-bond donors (Lipinski definition) is 0. The lowest BCUT2D eigenvalue weighted by Crippen LogP contribution is -2.67. The van der Waals surface area contributed by atoms with Gasteiger partial charge in [0.05, 0.1) is 5.41 Å². The number of hydrogen-bond acceptors (Lipinski definition) is 3. The Morgan fingerprint density at radius 1 is 0.727 bits per heavy atom. The van der Waals surface area contributed by atoms with Crippen molar-refractivity contribution in [2.45, 2.75) is 119 Å². The van der Waals surface area contributed by atoms with Crippen molar-refractivity contribution in [1.29, 1.82) is 0 Å². The Balaban J connectivity index is 1.42. The Morgan fingerprint density at radius 2 is 1.42 bits per heavy atom. The Kier molecular flexibility index (Phi) is 4.30. The van der Waals surface area contributed by atoms with Crippen LogP contribution in [-0.4, -0.2) is 17.9 Å². The third kappa shape index (κ3) is 2.39. The molecule has 2 bridgehead atoms. The molecule has 0 radical (unpaired) electrons. The molecule has 1 heterocycles. The van der Waals surface area contributed by atoms with E-state index in [1.54, 1.807) is 0 Å². The maximum Gasteiger partial charge on any atom is 0.312 e. The largest absolute Gasteiger partial charge is 0.461 e. The van der Waals surface area contributed by atoms with Crippen molar-refractivity contribution in [2.75, 3.05) is 0 Å². The van der Waals surface area contributed by atoms with Crippen molar-refractivity contribution in [1.82, 2.24) is 0 Å². The maximum atomic E-state index is 13.3. The quantitative estimate of drug-likeness (QED) is 0.371. The van der Waals surface area contributed by atoms with Crippen molar-refractivity contribution < 1.29 is 14.3 Å². The number of ketones is 1. The van der Waals surface area contributed by atoms with Crippen LogP contribution in [0.1, 0.15) is 113 Å². The van der Waals surface area contributed by atoms with Gasteiger partial charge in [-0.1, -0.05) is 48.5 Å². The van der Waals surface area contributed by atoms with Gasteiger partial charge in [0.2, 0.25) is 0 Å². The molecule has 6 aliphatic rings. The first-order valence-electron chi connectivity index (χ1n) is 14.0. The highest BCUT2D eigenvalue weighted by Crippen LogP contribution is 2.77. The molecule has 0 aromatic heterocycles. The highest BCUT2D eigenvalue weighted by atomic mass is 16.6. The number of Topliss-reactive ketones (excluding diaryl/α,β-unsaturated/α-hetero) is 1. The molecule has 0 N–H and O–H groups in total. The summed E-state index contributed by atoms with van der Waals surface area (Å²) in [5.74, 6) is 2.80. The summed E-state index contributed by atoms with van der Waals surface area (Å²) in [6.45, 7) is 17.0. The molecule has 6 rings (SSSR count). The van der Waals surface area contributed by atoms with Crippen LogP contribution >= 0.6 is 0 Å². The second-order valence-electron chi connectivity index (χ2n) is 15.3. The van der Waals surface area contributed by atoms with Gasteiger partial charge in [0.15, 0.2) is 0 Å². The molecule has 0 aromatic rings.